The highest BCUT2D eigenvalue weighted by molar-refractivity contribution is 5.44. The van der Waals surface area contributed by atoms with Crippen LogP contribution in [0.15, 0.2) is 30.6 Å². The molecule has 1 aliphatic heterocycles. The molecule has 1 aromatic heterocycles. The molecule has 2 heterocycles. The van der Waals surface area contributed by atoms with Crippen molar-refractivity contribution in [3.63, 3.8) is 0 Å². The number of nitrogens with two attached hydrogens (primary N) is 1. The Hall–Kier alpha value is -2.01. The van der Waals surface area contributed by atoms with Crippen LogP contribution in [0.1, 0.15) is 49.6 Å². The van der Waals surface area contributed by atoms with E-state index < -0.39 is 0 Å². The van der Waals surface area contributed by atoms with E-state index in [9.17, 15) is 0 Å². The van der Waals surface area contributed by atoms with Crippen molar-refractivity contribution in [1.29, 1.82) is 0 Å². The molecule has 0 amide bonds. The van der Waals surface area contributed by atoms with Gasteiger partial charge in [0.2, 0.25) is 0 Å². The van der Waals surface area contributed by atoms with Gasteiger partial charge >= 0.3 is 0 Å². The minimum absolute atomic E-state index is 0.0478. The van der Waals surface area contributed by atoms with Crippen molar-refractivity contribution in [1.82, 2.24) is 9.78 Å². The summed E-state index contributed by atoms with van der Waals surface area (Å²) in [7, 11) is 1.65. The summed E-state index contributed by atoms with van der Waals surface area (Å²) in [6.45, 7) is 4.21. The van der Waals surface area contributed by atoms with Gasteiger partial charge in [0.15, 0.2) is 0 Å². The zero-order chi connectivity index (χ0) is 15.0. The predicted octanol–water partition coefficient (Wildman–Crippen LogP) is 3.00. The molecular formula is C16H21N3O2. The Labute approximate surface area is 124 Å². The van der Waals surface area contributed by atoms with E-state index in [-0.39, 0.29) is 12.1 Å². The maximum absolute atomic E-state index is 6.30. The van der Waals surface area contributed by atoms with Gasteiger partial charge in [-0.15, -0.1) is 0 Å². The summed E-state index contributed by atoms with van der Waals surface area (Å²) < 4.78 is 13.3. The second-order valence-electron chi connectivity index (χ2n) is 5.70. The van der Waals surface area contributed by atoms with Crippen LogP contribution in [-0.2, 0) is 0 Å². The summed E-state index contributed by atoms with van der Waals surface area (Å²) in [5.74, 6) is 1.63. The quantitative estimate of drug-likeness (QED) is 0.942. The van der Waals surface area contributed by atoms with Crippen LogP contribution < -0.4 is 15.2 Å². The second-order valence-corrected chi connectivity index (χ2v) is 5.70. The van der Waals surface area contributed by atoms with Crippen molar-refractivity contribution in [2.45, 2.75) is 38.5 Å². The Balaban J connectivity index is 1.87. The number of ether oxygens (including phenoxy) is 2. The van der Waals surface area contributed by atoms with E-state index in [1.165, 1.54) is 0 Å². The second kappa shape index (κ2) is 5.41. The fraction of sp³-hybridized carbons (Fsp3) is 0.438. The first-order valence-corrected chi connectivity index (χ1v) is 7.22. The number of methoxy groups -OCH3 is 1. The third kappa shape index (κ3) is 2.61. The summed E-state index contributed by atoms with van der Waals surface area (Å²) in [5, 5.41) is 4.38. The van der Waals surface area contributed by atoms with Crippen LogP contribution in [0.3, 0.4) is 0 Å². The van der Waals surface area contributed by atoms with Crippen molar-refractivity contribution in [3.8, 4) is 11.5 Å². The summed E-state index contributed by atoms with van der Waals surface area (Å²) in [5.41, 5.74) is 8.37. The SMILES string of the molecule is COc1ccc2c(c1)C(N)CC(c1cnn(C(C)C)c1)O2. The smallest absolute Gasteiger partial charge is 0.129 e. The minimum Gasteiger partial charge on any atom is -0.497 e. The van der Waals surface area contributed by atoms with Gasteiger partial charge in [-0.25, -0.2) is 0 Å². The lowest BCUT2D eigenvalue weighted by atomic mass is 9.94. The third-order valence-electron chi connectivity index (χ3n) is 3.88. The molecule has 2 unspecified atom stereocenters. The van der Waals surface area contributed by atoms with Gasteiger partial charge in [-0.05, 0) is 32.0 Å². The van der Waals surface area contributed by atoms with Crippen molar-refractivity contribution >= 4 is 0 Å². The van der Waals surface area contributed by atoms with Crippen molar-refractivity contribution in [2.75, 3.05) is 7.11 Å². The first-order chi connectivity index (χ1) is 10.1. The molecule has 0 saturated heterocycles. The van der Waals surface area contributed by atoms with Gasteiger partial charge < -0.3 is 15.2 Å². The van der Waals surface area contributed by atoms with Crippen LogP contribution >= 0.6 is 0 Å². The van der Waals surface area contributed by atoms with Crippen molar-refractivity contribution < 1.29 is 9.47 Å². The van der Waals surface area contributed by atoms with E-state index in [1.54, 1.807) is 7.11 Å². The molecule has 21 heavy (non-hydrogen) atoms. The molecule has 1 aliphatic rings. The predicted molar refractivity (Wildman–Crippen MR) is 80.5 cm³/mol. The minimum atomic E-state index is -0.0590. The molecular weight excluding hydrogens is 266 g/mol. The molecule has 0 radical (unpaired) electrons. The van der Waals surface area contributed by atoms with Crippen LogP contribution in [0.25, 0.3) is 0 Å². The van der Waals surface area contributed by atoms with Gasteiger partial charge in [-0.1, -0.05) is 0 Å². The zero-order valence-electron chi connectivity index (χ0n) is 12.6. The summed E-state index contributed by atoms with van der Waals surface area (Å²) >= 11 is 0. The molecule has 5 heteroatoms. The lowest BCUT2D eigenvalue weighted by molar-refractivity contribution is 0.161. The van der Waals surface area contributed by atoms with Gasteiger partial charge in [0.25, 0.3) is 0 Å². The van der Waals surface area contributed by atoms with Gasteiger partial charge in [0.1, 0.15) is 17.6 Å². The van der Waals surface area contributed by atoms with Crippen LogP contribution in [-0.4, -0.2) is 16.9 Å². The van der Waals surface area contributed by atoms with E-state index >= 15 is 0 Å². The fourth-order valence-electron chi connectivity index (χ4n) is 2.62. The molecule has 5 nitrogen and oxygen atoms in total. The number of fused-ring (bicyclic) bond motifs is 1. The van der Waals surface area contributed by atoms with Crippen LogP contribution in [0.5, 0.6) is 11.5 Å². The average molecular weight is 287 g/mol. The molecule has 112 valence electrons. The summed E-state index contributed by atoms with van der Waals surface area (Å²) in [6, 6.07) is 6.05. The van der Waals surface area contributed by atoms with Gasteiger partial charge in [-0.2, -0.15) is 5.10 Å². The molecule has 2 atom stereocenters. The highest BCUT2D eigenvalue weighted by Crippen LogP contribution is 2.41. The molecule has 2 aromatic rings. The Morgan fingerprint density at radius 1 is 1.43 bits per heavy atom. The van der Waals surface area contributed by atoms with Crippen LogP contribution in [0.4, 0.5) is 0 Å². The molecule has 0 spiro atoms. The van der Waals surface area contributed by atoms with E-state index in [4.69, 9.17) is 15.2 Å². The first kappa shape index (κ1) is 13.9. The van der Waals surface area contributed by atoms with Crippen molar-refractivity contribution in [3.05, 3.63) is 41.7 Å². The number of nitrogens with zero attached hydrogens (tertiary/aromatic N) is 2. The third-order valence-corrected chi connectivity index (χ3v) is 3.88. The monoisotopic (exact) mass is 287 g/mol. The summed E-state index contributed by atoms with van der Waals surface area (Å²) in [6.07, 6.45) is 4.60. The largest absolute Gasteiger partial charge is 0.497 e. The molecule has 0 fully saturated rings. The lowest BCUT2D eigenvalue weighted by Gasteiger charge is -2.30. The molecule has 0 aliphatic carbocycles. The number of rotatable bonds is 3. The maximum atomic E-state index is 6.30. The Morgan fingerprint density at radius 3 is 2.90 bits per heavy atom. The van der Waals surface area contributed by atoms with E-state index in [2.05, 4.69) is 18.9 Å². The van der Waals surface area contributed by atoms with E-state index in [1.807, 2.05) is 35.3 Å². The number of benzene rings is 1. The first-order valence-electron chi connectivity index (χ1n) is 7.22. The molecule has 1 aromatic carbocycles. The number of aromatic nitrogens is 2. The van der Waals surface area contributed by atoms with E-state index in [0.717, 1.165) is 29.0 Å². The van der Waals surface area contributed by atoms with Crippen LogP contribution in [0.2, 0.25) is 0 Å². The normalized spacial score (nSPS) is 21.0. The van der Waals surface area contributed by atoms with Crippen molar-refractivity contribution in [2.24, 2.45) is 5.73 Å². The van der Waals surface area contributed by atoms with Gasteiger partial charge in [0, 0.05) is 35.8 Å². The lowest BCUT2D eigenvalue weighted by Crippen LogP contribution is -2.24. The Bertz CT molecular complexity index is 636. The molecule has 3 rings (SSSR count). The zero-order valence-corrected chi connectivity index (χ0v) is 12.6. The van der Waals surface area contributed by atoms with Crippen LogP contribution in [0, 0.1) is 0 Å². The Morgan fingerprint density at radius 2 is 2.24 bits per heavy atom. The topological polar surface area (TPSA) is 62.3 Å². The Kier molecular flexibility index (Phi) is 3.59. The van der Waals surface area contributed by atoms with E-state index in [0.29, 0.717) is 6.04 Å². The number of hydrogen-bond donors (Lipinski definition) is 1. The van der Waals surface area contributed by atoms with Gasteiger partial charge in [0.05, 0.1) is 13.3 Å². The highest BCUT2D eigenvalue weighted by Gasteiger charge is 2.28. The fourth-order valence-corrected chi connectivity index (χ4v) is 2.62. The number of hydrogen-bond acceptors (Lipinski definition) is 4. The highest BCUT2D eigenvalue weighted by atomic mass is 16.5. The molecule has 0 saturated carbocycles. The average Bonchev–Trinajstić information content (AvgIpc) is 2.97. The van der Waals surface area contributed by atoms with Gasteiger partial charge in [-0.3, -0.25) is 4.68 Å². The standard InChI is InChI=1S/C16H21N3O2/c1-10(2)19-9-11(8-18-19)16-7-14(17)13-6-12(20-3)4-5-15(13)21-16/h4-6,8-10,14,16H,7,17H2,1-3H3. The summed E-state index contributed by atoms with van der Waals surface area (Å²) in [4.78, 5) is 0. The molecule has 0 bridgehead atoms. The maximum Gasteiger partial charge on any atom is 0.129 e. The molecule has 2 N–H and O–H groups in total.